The van der Waals surface area contributed by atoms with Crippen LogP contribution in [0.5, 0.6) is 11.5 Å². The third-order valence-electron chi connectivity index (χ3n) is 6.81. The third kappa shape index (κ3) is 5.19. The van der Waals surface area contributed by atoms with E-state index in [-0.39, 0.29) is 17.1 Å². The van der Waals surface area contributed by atoms with E-state index in [9.17, 15) is 9.59 Å². The number of carbonyl (C=O) groups is 2. The minimum atomic E-state index is -0.523. The van der Waals surface area contributed by atoms with Crippen molar-refractivity contribution in [1.29, 1.82) is 0 Å². The van der Waals surface area contributed by atoms with E-state index < -0.39 is 5.92 Å². The van der Waals surface area contributed by atoms with Crippen molar-refractivity contribution in [1.82, 2.24) is 10.3 Å². The van der Waals surface area contributed by atoms with Crippen LogP contribution in [0.3, 0.4) is 0 Å². The Kier molecular flexibility index (Phi) is 6.42. The molecule has 5 rings (SSSR count). The molecule has 1 aliphatic heterocycles. The lowest BCUT2D eigenvalue weighted by Gasteiger charge is -2.39. The van der Waals surface area contributed by atoms with Crippen molar-refractivity contribution >= 4 is 17.5 Å². The average molecular weight is 494 g/mol. The van der Waals surface area contributed by atoms with E-state index in [1.807, 2.05) is 74.5 Å². The molecule has 1 atom stereocenters. The number of pyridine rings is 1. The quantitative estimate of drug-likeness (QED) is 0.428. The largest absolute Gasteiger partial charge is 0.457 e. The average Bonchev–Trinajstić information content (AvgIpc) is 2.84. The van der Waals surface area contributed by atoms with Gasteiger partial charge < -0.3 is 15.4 Å². The molecule has 0 spiro atoms. The second-order valence-corrected chi connectivity index (χ2v) is 10.6. The van der Waals surface area contributed by atoms with Crippen LogP contribution < -0.4 is 15.4 Å². The number of amides is 1. The highest BCUT2D eigenvalue weighted by Crippen LogP contribution is 2.47. The van der Waals surface area contributed by atoms with Crippen LogP contribution in [0.15, 0.2) is 95.5 Å². The molecule has 6 nitrogen and oxygen atoms in total. The number of aromatic nitrogens is 1. The number of Topliss-reactive ketones (excluding diaryl/α,β-unsaturated/α-hetero) is 1. The Bertz CT molecular complexity index is 1420. The smallest absolute Gasteiger partial charge is 0.255 e. The molecule has 0 saturated carbocycles. The van der Waals surface area contributed by atoms with Crippen LogP contribution in [0, 0.1) is 12.3 Å². The fourth-order valence-electron chi connectivity index (χ4n) is 5.18. The van der Waals surface area contributed by atoms with Gasteiger partial charge in [0, 0.05) is 41.1 Å². The van der Waals surface area contributed by atoms with Gasteiger partial charge in [0.25, 0.3) is 5.91 Å². The zero-order chi connectivity index (χ0) is 26.2. The summed E-state index contributed by atoms with van der Waals surface area (Å²) in [4.78, 5) is 31.6. The molecule has 2 aliphatic rings. The summed E-state index contributed by atoms with van der Waals surface area (Å²) < 4.78 is 6.09. The standard InChI is InChI=1S/C31H31N3O3/c1-19-13-14-26(32-18-19)34-30(36)27-20(2)33-24-16-31(3,4)17-25(35)29(24)28(27)21-9-8-12-23(15-21)37-22-10-6-5-7-11-22/h5-15,18,28,33H,16-17H2,1-4H3,(H,32,34,36)/t28-/m1/s1. The summed E-state index contributed by atoms with van der Waals surface area (Å²) in [6, 6.07) is 20.9. The molecule has 0 saturated heterocycles. The van der Waals surface area contributed by atoms with Crippen LogP contribution in [0.2, 0.25) is 0 Å². The number of carbonyl (C=O) groups excluding carboxylic acids is 2. The number of hydrogen-bond acceptors (Lipinski definition) is 5. The number of ketones is 1. The molecule has 0 radical (unpaired) electrons. The number of benzene rings is 2. The summed E-state index contributed by atoms with van der Waals surface area (Å²) in [6.45, 7) is 8.04. The number of nitrogens with zero attached hydrogens (tertiary/aromatic N) is 1. The number of para-hydroxylation sites is 1. The fourth-order valence-corrected chi connectivity index (χ4v) is 5.18. The van der Waals surface area contributed by atoms with E-state index in [2.05, 4.69) is 29.5 Å². The SMILES string of the molecule is CC1=C(C(=O)Nc2ccc(C)cn2)[C@@H](c2cccc(Oc3ccccc3)c2)C2=C(CC(C)(C)CC2=O)N1. The Balaban J connectivity index is 1.57. The molecular weight excluding hydrogens is 462 g/mol. The van der Waals surface area contributed by atoms with Crippen molar-refractivity contribution in [3.05, 3.63) is 107 Å². The van der Waals surface area contributed by atoms with Gasteiger partial charge in [-0.3, -0.25) is 9.59 Å². The molecule has 0 unspecified atom stereocenters. The topological polar surface area (TPSA) is 80.3 Å². The minimum absolute atomic E-state index is 0.0596. The van der Waals surface area contributed by atoms with Crippen molar-refractivity contribution in [3.63, 3.8) is 0 Å². The Morgan fingerprint density at radius 1 is 1.00 bits per heavy atom. The maximum absolute atomic E-state index is 13.7. The van der Waals surface area contributed by atoms with Gasteiger partial charge in [-0.1, -0.05) is 50.2 Å². The Labute approximate surface area is 217 Å². The number of nitrogens with one attached hydrogen (secondary N) is 2. The van der Waals surface area contributed by atoms with Gasteiger partial charge in [0.1, 0.15) is 17.3 Å². The van der Waals surface area contributed by atoms with Gasteiger partial charge in [0.2, 0.25) is 0 Å². The Morgan fingerprint density at radius 2 is 1.76 bits per heavy atom. The lowest BCUT2D eigenvalue weighted by Crippen LogP contribution is -2.39. The maximum Gasteiger partial charge on any atom is 0.255 e. The summed E-state index contributed by atoms with van der Waals surface area (Å²) in [5.41, 5.74) is 4.46. The predicted molar refractivity (Wildman–Crippen MR) is 144 cm³/mol. The van der Waals surface area contributed by atoms with Crippen molar-refractivity contribution in [2.45, 2.75) is 46.5 Å². The molecule has 2 heterocycles. The molecule has 188 valence electrons. The molecule has 1 aromatic heterocycles. The fraction of sp³-hybridized carbons (Fsp3) is 0.258. The normalized spacial score (nSPS) is 18.7. The third-order valence-corrected chi connectivity index (χ3v) is 6.81. The first-order valence-corrected chi connectivity index (χ1v) is 12.5. The molecular formula is C31H31N3O3. The van der Waals surface area contributed by atoms with Gasteiger partial charge in [0.05, 0.1) is 0 Å². The molecule has 6 heteroatoms. The number of allylic oxidation sites excluding steroid dienone is 3. The summed E-state index contributed by atoms with van der Waals surface area (Å²) in [5, 5.41) is 6.35. The minimum Gasteiger partial charge on any atom is -0.457 e. The van der Waals surface area contributed by atoms with Gasteiger partial charge >= 0.3 is 0 Å². The number of aryl methyl sites for hydroxylation is 1. The second-order valence-electron chi connectivity index (χ2n) is 10.6. The molecule has 0 fully saturated rings. The first kappa shape index (κ1) is 24.5. The zero-order valence-corrected chi connectivity index (χ0v) is 21.6. The molecule has 3 aromatic rings. The Morgan fingerprint density at radius 3 is 2.49 bits per heavy atom. The summed E-state index contributed by atoms with van der Waals surface area (Å²) in [5.74, 6) is 1.08. The van der Waals surface area contributed by atoms with E-state index in [0.717, 1.165) is 34.7 Å². The predicted octanol–water partition coefficient (Wildman–Crippen LogP) is 6.43. The number of rotatable bonds is 5. The van der Waals surface area contributed by atoms with Crippen LogP contribution in [0.25, 0.3) is 0 Å². The first-order chi connectivity index (χ1) is 17.7. The van der Waals surface area contributed by atoms with Crippen molar-refractivity contribution in [2.24, 2.45) is 5.41 Å². The summed E-state index contributed by atoms with van der Waals surface area (Å²) >= 11 is 0. The highest BCUT2D eigenvalue weighted by molar-refractivity contribution is 6.09. The Hall–Kier alpha value is -4.19. The van der Waals surface area contributed by atoms with Gasteiger partial charge in [-0.05, 0) is 67.1 Å². The molecule has 2 N–H and O–H groups in total. The van der Waals surface area contributed by atoms with Gasteiger partial charge in [0.15, 0.2) is 5.78 Å². The van der Waals surface area contributed by atoms with Crippen LogP contribution in [0.1, 0.15) is 50.7 Å². The number of hydrogen-bond donors (Lipinski definition) is 2. The summed E-state index contributed by atoms with van der Waals surface area (Å²) in [7, 11) is 0. The molecule has 1 amide bonds. The maximum atomic E-state index is 13.7. The van der Waals surface area contributed by atoms with E-state index in [1.165, 1.54) is 0 Å². The van der Waals surface area contributed by atoms with Gasteiger partial charge in [-0.15, -0.1) is 0 Å². The molecule has 0 bridgehead atoms. The van der Waals surface area contributed by atoms with Gasteiger partial charge in [-0.25, -0.2) is 4.98 Å². The monoisotopic (exact) mass is 493 g/mol. The van der Waals surface area contributed by atoms with E-state index in [1.54, 1.807) is 12.3 Å². The lowest BCUT2D eigenvalue weighted by atomic mass is 9.68. The van der Waals surface area contributed by atoms with Crippen LogP contribution in [-0.4, -0.2) is 16.7 Å². The number of dihydropyridines is 1. The van der Waals surface area contributed by atoms with Crippen LogP contribution >= 0.6 is 0 Å². The molecule has 37 heavy (non-hydrogen) atoms. The van der Waals surface area contributed by atoms with Crippen molar-refractivity contribution < 1.29 is 14.3 Å². The van der Waals surface area contributed by atoms with Gasteiger partial charge in [-0.2, -0.15) is 0 Å². The van der Waals surface area contributed by atoms with E-state index >= 15 is 0 Å². The van der Waals surface area contributed by atoms with Crippen molar-refractivity contribution in [3.8, 4) is 11.5 Å². The number of ether oxygens (including phenoxy) is 1. The summed E-state index contributed by atoms with van der Waals surface area (Å²) in [6.07, 6.45) is 2.87. The molecule has 2 aromatic carbocycles. The van der Waals surface area contributed by atoms with Crippen LogP contribution in [0.4, 0.5) is 5.82 Å². The number of anilines is 1. The lowest BCUT2D eigenvalue weighted by molar-refractivity contribution is -0.118. The second kappa shape index (κ2) is 9.69. The van der Waals surface area contributed by atoms with E-state index in [4.69, 9.17) is 4.74 Å². The zero-order valence-electron chi connectivity index (χ0n) is 21.6. The van der Waals surface area contributed by atoms with Crippen LogP contribution in [-0.2, 0) is 9.59 Å². The highest BCUT2D eigenvalue weighted by atomic mass is 16.5. The highest BCUT2D eigenvalue weighted by Gasteiger charge is 2.42. The molecule has 1 aliphatic carbocycles. The first-order valence-electron chi connectivity index (χ1n) is 12.5. The van der Waals surface area contributed by atoms with Crippen molar-refractivity contribution in [2.75, 3.05) is 5.32 Å². The van der Waals surface area contributed by atoms with E-state index in [0.29, 0.717) is 29.1 Å².